The Hall–Kier alpha value is -3.67. The van der Waals surface area contributed by atoms with Gasteiger partial charge in [0.1, 0.15) is 5.69 Å². The number of aryl methyl sites for hydroxylation is 1. The second kappa shape index (κ2) is 8.35. The molecule has 6 nitrogen and oxygen atoms in total. The van der Waals surface area contributed by atoms with Crippen molar-refractivity contribution >= 4 is 28.9 Å². The van der Waals surface area contributed by atoms with Gasteiger partial charge in [-0.25, -0.2) is 0 Å². The third-order valence-corrected chi connectivity index (χ3v) is 4.29. The first kappa shape index (κ1) is 19.1. The molecule has 1 aromatic heterocycles. The standard InChI is InChI=1S/C22H22N4O2/c1-15-6-4-5-7-19(15)25-22(28)20-14-16(12-13-23-20)21(27)24-17-8-10-18(11-9-17)26(2)3/h4-14H,1-3H3,(H,24,27)(H,25,28). The topological polar surface area (TPSA) is 74.3 Å². The molecule has 2 aromatic carbocycles. The van der Waals surface area contributed by atoms with Crippen LogP contribution in [0.4, 0.5) is 17.1 Å². The Morgan fingerprint density at radius 1 is 0.893 bits per heavy atom. The molecule has 0 aliphatic carbocycles. The second-order valence-electron chi connectivity index (χ2n) is 6.59. The average molecular weight is 374 g/mol. The molecule has 0 saturated heterocycles. The van der Waals surface area contributed by atoms with Crippen molar-refractivity contribution < 1.29 is 9.59 Å². The maximum absolute atomic E-state index is 12.5. The zero-order valence-corrected chi connectivity index (χ0v) is 16.1. The molecule has 1 heterocycles. The number of carbonyl (C=O) groups excluding carboxylic acids is 2. The van der Waals surface area contributed by atoms with Crippen LogP contribution in [0.15, 0.2) is 66.9 Å². The molecule has 142 valence electrons. The summed E-state index contributed by atoms with van der Waals surface area (Å²) in [4.78, 5) is 31.1. The van der Waals surface area contributed by atoms with Crippen LogP contribution in [0.1, 0.15) is 26.4 Å². The van der Waals surface area contributed by atoms with E-state index in [0.717, 1.165) is 11.3 Å². The second-order valence-corrected chi connectivity index (χ2v) is 6.59. The van der Waals surface area contributed by atoms with Crippen molar-refractivity contribution in [1.82, 2.24) is 4.98 Å². The van der Waals surface area contributed by atoms with Crippen LogP contribution in [0.3, 0.4) is 0 Å². The highest BCUT2D eigenvalue weighted by Crippen LogP contribution is 2.17. The molecule has 28 heavy (non-hydrogen) atoms. The molecule has 0 fully saturated rings. The largest absolute Gasteiger partial charge is 0.378 e. The predicted molar refractivity (Wildman–Crippen MR) is 112 cm³/mol. The minimum Gasteiger partial charge on any atom is -0.378 e. The third-order valence-electron chi connectivity index (χ3n) is 4.29. The van der Waals surface area contributed by atoms with Gasteiger partial charge in [-0.15, -0.1) is 0 Å². The fraction of sp³-hybridized carbons (Fsp3) is 0.136. The summed E-state index contributed by atoms with van der Waals surface area (Å²) in [5.41, 5.74) is 3.92. The van der Waals surface area contributed by atoms with E-state index in [1.165, 1.54) is 12.3 Å². The number of hydrogen-bond acceptors (Lipinski definition) is 4. The highest BCUT2D eigenvalue weighted by molar-refractivity contribution is 6.08. The summed E-state index contributed by atoms with van der Waals surface area (Å²) in [7, 11) is 3.90. The van der Waals surface area contributed by atoms with Crippen molar-refractivity contribution in [3.8, 4) is 0 Å². The van der Waals surface area contributed by atoms with Crippen LogP contribution in [0.2, 0.25) is 0 Å². The van der Waals surface area contributed by atoms with Gasteiger partial charge < -0.3 is 15.5 Å². The molecule has 6 heteroatoms. The molecule has 0 aliphatic heterocycles. The summed E-state index contributed by atoms with van der Waals surface area (Å²) in [5.74, 6) is -0.663. The summed E-state index contributed by atoms with van der Waals surface area (Å²) in [6, 6.07) is 18.1. The van der Waals surface area contributed by atoms with Gasteiger partial charge in [-0.05, 0) is 55.0 Å². The first-order valence-corrected chi connectivity index (χ1v) is 8.86. The van der Waals surface area contributed by atoms with E-state index in [-0.39, 0.29) is 17.5 Å². The maximum atomic E-state index is 12.5. The number of aromatic nitrogens is 1. The van der Waals surface area contributed by atoms with Crippen molar-refractivity contribution in [2.45, 2.75) is 6.92 Å². The number of hydrogen-bond donors (Lipinski definition) is 2. The molecule has 2 amide bonds. The van der Waals surface area contributed by atoms with Gasteiger partial charge >= 0.3 is 0 Å². The molecular formula is C22H22N4O2. The van der Waals surface area contributed by atoms with Crippen LogP contribution >= 0.6 is 0 Å². The highest BCUT2D eigenvalue weighted by atomic mass is 16.2. The zero-order valence-electron chi connectivity index (χ0n) is 16.1. The number of nitrogens with zero attached hydrogens (tertiary/aromatic N) is 2. The number of pyridine rings is 1. The number of nitrogens with one attached hydrogen (secondary N) is 2. The fourth-order valence-electron chi connectivity index (χ4n) is 2.64. The van der Waals surface area contributed by atoms with E-state index < -0.39 is 0 Å². The van der Waals surface area contributed by atoms with Crippen LogP contribution in [0, 0.1) is 6.92 Å². The molecule has 0 atom stereocenters. The summed E-state index contributed by atoms with van der Waals surface area (Å²) in [6.45, 7) is 1.91. The normalized spacial score (nSPS) is 10.2. The molecule has 0 saturated carbocycles. The van der Waals surface area contributed by atoms with Gasteiger partial charge in [0.25, 0.3) is 11.8 Å². The fourth-order valence-corrected chi connectivity index (χ4v) is 2.64. The number of amides is 2. The molecule has 0 aliphatic rings. The van der Waals surface area contributed by atoms with E-state index in [1.807, 2.05) is 74.4 Å². The van der Waals surface area contributed by atoms with E-state index in [2.05, 4.69) is 15.6 Å². The first-order chi connectivity index (χ1) is 13.4. The maximum Gasteiger partial charge on any atom is 0.274 e. The smallest absolute Gasteiger partial charge is 0.274 e. The molecule has 2 N–H and O–H groups in total. The Morgan fingerprint density at radius 2 is 1.61 bits per heavy atom. The lowest BCUT2D eigenvalue weighted by Gasteiger charge is -2.13. The minimum atomic E-state index is -0.362. The number of benzene rings is 2. The number of para-hydroxylation sites is 1. The number of carbonyl (C=O) groups is 2. The molecule has 3 aromatic rings. The highest BCUT2D eigenvalue weighted by Gasteiger charge is 2.13. The van der Waals surface area contributed by atoms with Crippen LogP contribution in [0.5, 0.6) is 0 Å². The molecule has 0 radical (unpaired) electrons. The van der Waals surface area contributed by atoms with Crippen molar-refractivity contribution in [3.63, 3.8) is 0 Å². The van der Waals surface area contributed by atoms with Gasteiger partial charge in [0.2, 0.25) is 0 Å². The minimum absolute atomic E-state index is 0.179. The quantitative estimate of drug-likeness (QED) is 0.709. The van der Waals surface area contributed by atoms with Crippen molar-refractivity contribution in [2.24, 2.45) is 0 Å². The van der Waals surface area contributed by atoms with E-state index in [0.29, 0.717) is 16.9 Å². The van der Waals surface area contributed by atoms with Gasteiger partial charge in [-0.3, -0.25) is 14.6 Å². The Morgan fingerprint density at radius 3 is 2.29 bits per heavy atom. The monoisotopic (exact) mass is 374 g/mol. The number of rotatable bonds is 5. The van der Waals surface area contributed by atoms with Crippen LogP contribution < -0.4 is 15.5 Å². The third kappa shape index (κ3) is 4.54. The Bertz CT molecular complexity index is 997. The SMILES string of the molecule is Cc1ccccc1NC(=O)c1cc(C(=O)Nc2ccc(N(C)C)cc2)ccn1. The lowest BCUT2D eigenvalue weighted by atomic mass is 10.1. The van der Waals surface area contributed by atoms with Crippen LogP contribution in [-0.2, 0) is 0 Å². The summed E-state index contributed by atoms with van der Waals surface area (Å²) in [6.07, 6.45) is 1.46. The van der Waals surface area contributed by atoms with E-state index in [1.54, 1.807) is 6.07 Å². The van der Waals surface area contributed by atoms with Gasteiger partial charge in [-0.2, -0.15) is 0 Å². The van der Waals surface area contributed by atoms with E-state index >= 15 is 0 Å². The van der Waals surface area contributed by atoms with Crippen molar-refractivity contribution in [1.29, 1.82) is 0 Å². The van der Waals surface area contributed by atoms with Gasteiger partial charge in [0.05, 0.1) is 0 Å². The van der Waals surface area contributed by atoms with E-state index in [9.17, 15) is 9.59 Å². The first-order valence-electron chi connectivity index (χ1n) is 8.86. The Balaban J connectivity index is 1.72. The number of anilines is 3. The lowest BCUT2D eigenvalue weighted by molar-refractivity contribution is 0.102. The molecule has 0 bridgehead atoms. The molecule has 0 unspecified atom stereocenters. The van der Waals surface area contributed by atoms with Crippen LogP contribution in [-0.4, -0.2) is 30.9 Å². The average Bonchev–Trinajstić information content (AvgIpc) is 2.70. The van der Waals surface area contributed by atoms with Gasteiger partial charge in [0.15, 0.2) is 0 Å². The zero-order chi connectivity index (χ0) is 20.1. The molecule has 0 spiro atoms. The summed E-state index contributed by atoms with van der Waals surface area (Å²) in [5, 5.41) is 5.65. The Kier molecular flexibility index (Phi) is 5.69. The van der Waals surface area contributed by atoms with Gasteiger partial charge in [0, 0.05) is 42.9 Å². The van der Waals surface area contributed by atoms with Crippen molar-refractivity contribution in [3.05, 3.63) is 83.7 Å². The molecule has 3 rings (SSSR count). The molecular weight excluding hydrogens is 352 g/mol. The van der Waals surface area contributed by atoms with Gasteiger partial charge in [-0.1, -0.05) is 18.2 Å². The van der Waals surface area contributed by atoms with Crippen LogP contribution in [0.25, 0.3) is 0 Å². The predicted octanol–water partition coefficient (Wildman–Crippen LogP) is 3.96. The van der Waals surface area contributed by atoms with E-state index in [4.69, 9.17) is 0 Å². The lowest BCUT2D eigenvalue weighted by Crippen LogP contribution is -2.17. The summed E-state index contributed by atoms with van der Waals surface area (Å²) >= 11 is 0. The Labute approximate surface area is 164 Å². The van der Waals surface area contributed by atoms with Crippen molar-refractivity contribution in [2.75, 3.05) is 29.6 Å². The summed E-state index contributed by atoms with van der Waals surface area (Å²) < 4.78 is 0.